The predicted octanol–water partition coefficient (Wildman–Crippen LogP) is 2.21. The Hall–Kier alpha value is -1.36. The number of alkyl halides is 1. The van der Waals surface area contributed by atoms with Crippen molar-refractivity contribution in [1.29, 1.82) is 0 Å². The van der Waals surface area contributed by atoms with Crippen LogP contribution in [0.15, 0.2) is 12.5 Å². The van der Waals surface area contributed by atoms with Crippen molar-refractivity contribution in [2.45, 2.75) is 19.8 Å². The van der Waals surface area contributed by atoms with Gasteiger partial charge in [-0.2, -0.15) is 5.10 Å². The Morgan fingerprint density at radius 2 is 2.17 bits per heavy atom. The maximum absolute atomic E-state index is 5.88. The summed E-state index contributed by atoms with van der Waals surface area (Å²) < 4.78 is 1.76. The zero-order valence-electron chi connectivity index (χ0n) is 10.8. The molecule has 0 aliphatic heterocycles. The molecule has 0 N–H and O–H groups in total. The van der Waals surface area contributed by atoms with Gasteiger partial charge in [0.1, 0.15) is 12.1 Å². The van der Waals surface area contributed by atoms with E-state index in [1.165, 1.54) is 0 Å². The first kappa shape index (κ1) is 13.1. The van der Waals surface area contributed by atoms with Crippen LogP contribution >= 0.6 is 11.6 Å². The van der Waals surface area contributed by atoms with E-state index in [1.807, 2.05) is 13.2 Å². The van der Waals surface area contributed by atoms with Crippen LogP contribution in [0.25, 0.3) is 11.0 Å². The van der Waals surface area contributed by atoms with E-state index < -0.39 is 0 Å². The molecule has 5 nitrogen and oxygen atoms in total. The number of halogens is 1. The molecule has 2 rings (SSSR count). The highest BCUT2D eigenvalue weighted by atomic mass is 35.5. The lowest BCUT2D eigenvalue weighted by molar-refractivity contribution is 0.727. The van der Waals surface area contributed by atoms with E-state index in [-0.39, 0.29) is 0 Å². The van der Waals surface area contributed by atoms with Gasteiger partial charge in [-0.25, -0.2) is 9.97 Å². The highest BCUT2D eigenvalue weighted by molar-refractivity contribution is 6.18. The first-order valence-corrected chi connectivity index (χ1v) is 6.75. The molecule has 0 saturated heterocycles. The average molecular weight is 268 g/mol. The van der Waals surface area contributed by atoms with Gasteiger partial charge in [-0.05, 0) is 6.42 Å². The van der Waals surface area contributed by atoms with Gasteiger partial charge >= 0.3 is 0 Å². The number of fused-ring (bicyclic) bond motifs is 1. The van der Waals surface area contributed by atoms with Gasteiger partial charge in [0, 0.05) is 26.0 Å². The molecule has 0 bridgehead atoms. The van der Waals surface area contributed by atoms with E-state index in [0.29, 0.717) is 5.88 Å². The van der Waals surface area contributed by atoms with Gasteiger partial charge < -0.3 is 4.90 Å². The lowest BCUT2D eigenvalue weighted by Gasteiger charge is -2.22. The van der Waals surface area contributed by atoms with E-state index in [9.17, 15) is 0 Å². The minimum Gasteiger partial charge on any atom is -0.355 e. The number of anilines is 1. The molecule has 0 amide bonds. The molecule has 0 radical (unpaired) electrons. The Balaban J connectivity index is 2.36. The van der Waals surface area contributed by atoms with Gasteiger partial charge in [0.25, 0.3) is 0 Å². The Kier molecular flexibility index (Phi) is 4.36. The lowest BCUT2D eigenvalue weighted by Crippen LogP contribution is -2.27. The monoisotopic (exact) mass is 267 g/mol. The van der Waals surface area contributed by atoms with E-state index >= 15 is 0 Å². The molecule has 0 aliphatic carbocycles. The van der Waals surface area contributed by atoms with Crippen LogP contribution in [0.3, 0.4) is 0 Å². The predicted molar refractivity (Wildman–Crippen MR) is 74.1 cm³/mol. The molecule has 2 aromatic heterocycles. The maximum atomic E-state index is 5.88. The first-order valence-electron chi connectivity index (χ1n) is 6.21. The van der Waals surface area contributed by atoms with E-state index in [2.05, 4.69) is 26.9 Å². The Labute approximate surface area is 112 Å². The highest BCUT2D eigenvalue weighted by Gasteiger charge is 2.13. The standard InChI is InChI=1S/C12H18ClN5/c1-3-4-6-18(7-5-13)12-10-8-16-17(2)11(10)14-9-15-12/h8-9H,3-7H2,1-2H3. The van der Waals surface area contributed by atoms with Crippen molar-refractivity contribution in [3.63, 3.8) is 0 Å². The van der Waals surface area contributed by atoms with Gasteiger partial charge in [0.05, 0.1) is 11.6 Å². The zero-order chi connectivity index (χ0) is 13.0. The number of unbranched alkanes of at least 4 members (excludes halogenated alkanes) is 1. The van der Waals surface area contributed by atoms with Crippen molar-refractivity contribution in [2.75, 3.05) is 23.9 Å². The summed E-state index contributed by atoms with van der Waals surface area (Å²) >= 11 is 5.88. The van der Waals surface area contributed by atoms with Crippen LogP contribution in [0.1, 0.15) is 19.8 Å². The summed E-state index contributed by atoms with van der Waals surface area (Å²) in [4.78, 5) is 10.9. The van der Waals surface area contributed by atoms with Crippen LogP contribution in [0.4, 0.5) is 5.82 Å². The van der Waals surface area contributed by atoms with Gasteiger partial charge in [0.2, 0.25) is 0 Å². The molecule has 98 valence electrons. The van der Waals surface area contributed by atoms with Crippen LogP contribution in [0.5, 0.6) is 0 Å². The summed E-state index contributed by atoms with van der Waals surface area (Å²) in [6, 6.07) is 0. The molecule has 2 heterocycles. The molecule has 0 aromatic carbocycles. The molecule has 0 spiro atoms. The molecule has 0 unspecified atom stereocenters. The van der Waals surface area contributed by atoms with Gasteiger partial charge in [-0.1, -0.05) is 13.3 Å². The van der Waals surface area contributed by atoms with Crippen molar-refractivity contribution < 1.29 is 0 Å². The van der Waals surface area contributed by atoms with E-state index in [4.69, 9.17) is 11.6 Å². The summed E-state index contributed by atoms with van der Waals surface area (Å²) in [6.07, 6.45) is 5.69. The largest absolute Gasteiger partial charge is 0.355 e. The number of hydrogen-bond donors (Lipinski definition) is 0. The third-order valence-corrected chi connectivity index (χ3v) is 3.11. The van der Waals surface area contributed by atoms with Gasteiger partial charge in [-0.15, -0.1) is 11.6 Å². The fourth-order valence-corrected chi connectivity index (χ4v) is 2.18. The SMILES string of the molecule is CCCCN(CCCl)c1ncnc2c1cnn2C. The summed E-state index contributed by atoms with van der Waals surface area (Å²) in [6.45, 7) is 3.94. The minimum atomic E-state index is 0.593. The van der Waals surface area contributed by atoms with E-state index in [1.54, 1.807) is 11.0 Å². The summed E-state index contributed by atoms with van der Waals surface area (Å²) in [5, 5.41) is 5.22. The number of rotatable bonds is 6. The molecular weight excluding hydrogens is 250 g/mol. The van der Waals surface area contributed by atoms with Gasteiger partial charge in [0.15, 0.2) is 5.65 Å². The lowest BCUT2D eigenvalue weighted by atomic mass is 10.3. The second-order valence-electron chi connectivity index (χ2n) is 4.23. The van der Waals surface area contributed by atoms with Crippen molar-refractivity contribution >= 4 is 28.5 Å². The Morgan fingerprint density at radius 1 is 1.33 bits per heavy atom. The van der Waals surface area contributed by atoms with Crippen LogP contribution in [-0.2, 0) is 7.05 Å². The second-order valence-corrected chi connectivity index (χ2v) is 4.61. The number of aromatic nitrogens is 4. The third-order valence-electron chi connectivity index (χ3n) is 2.94. The van der Waals surface area contributed by atoms with E-state index in [0.717, 1.165) is 42.8 Å². The fourth-order valence-electron chi connectivity index (χ4n) is 1.98. The molecule has 2 aromatic rings. The molecule has 18 heavy (non-hydrogen) atoms. The van der Waals surface area contributed by atoms with Crippen LogP contribution in [-0.4, -0.2) is 38.7 Å². The van der Waals surface area contributed by atoms with Crippen molar-refractivity contribution in [3.05, 3.63) is 12.5 Å². The smallest absolute Gasteiger partial charge is 0.163 e. The van der Waals surface area contributed by atoms with Crippen molar-refractivity contribution in [1.82, 2.24) is 19.7 Å². The molecule has 0 fully saturated rings. The second kappa shape index (κ2) is 6.00. The summed E-state index contributed by atoms with van der Waals surface area (Å²) in [7, 11) is 1.89. The average Bonchev–Trinajstić information content (AvgIpc) is 2.77. The first-order chi connectivity index (χ1) is 8.77. The summed E-state index contributed by atoms with van der Waals surface area (Å²) in [5.74, 6) is 1.53. The van der Waals surface area contributed by atoms with Crippen molar-refractivity contribution in [3.8, 4) is 0 Å². The molecule has 0 aliphatic rings. The highest BCUT2D eigenvalue weighted by Crippen LogP contribution is 2.22. The Bertz CT molecular complexity index is 510. The molecular formula is C12H18ClN5. The maximum Gasteiger partial charge on any atom is 0.163 e. The number of aryl methyl sites for hydroxylation is 1. The molecule has 6 heteroatoms. The van der Waals surface area contributed by atoms with Crippen LogP contribution in [0, 0.1) is 0 Å². The third kappa shape index (κ3) is 2.56. The number of nitrogens with zero attached hydrogens (tertiary/aromatic N) is 5. The minimum absolute atomic E-state index is 0.593. The summed E-state index contributed by atoms with van der Waals surface area (Å²) in [5.41, 5.74) is 0.857. The molecule has 0 saturated carbocycles. The zero-order valence-corrected chi connectivity index (χ0v) is 11.6. The Morgan fingerprint density at radius 3 is 2.89 bits per heavy atom. The van der Waals surface area contributed by atoms with Crippen LogP contribution in [0.2, 0.25) is 0 Å². The topological polar surface area (TPSA) is 46.8 Å². The fraction of sp³-hybridized carbons (Fsp3) is 0.583. The quantitative estimate of drug-likeness (QED) is 0.753. The van der Waals surface area contributed by atoms with Crippen molar-refractivity contribution in [2.24, 2.45) is 7.05 Å². The number of hydrogen-bond acceptors (Lipinski definition) is 4. The van der Waals surface area contributed by atoms with Gasteiger partial charge in [-0.3, -0.25) is 4.68 Å². The normalized spacial score (nSPS) is 11.1. The molecule has 0 atom stereocenters. The van der Waals surface area contributed by atoms with Crippen LogP contribution < -0.4 is 4.90 Å².